The maximum absolute atomic E-state index is 5.30. The summed E-state index contributed by atoms with van der Waals surface area (Å²) in [5.41, 5.74) is 8.42. The average Bonchev–Trinajstić information content (AvgIpc) is 3.33. The minimum Gasteiger partial charge on any atom is -0.337 e. The van der Waals surface area contributed by atoms with Crippen molar-refractivity contribution in [3.63, 3.8) is 0 Å². The van der Waals surface area contributed by atoms with E-state index >= 15 is 0 Å². The molecule has 0 amide bonds. The summed E-state index contributed by atoms with van der Waals surface area (Å²) >= 11 is 0. The Morgan fingerprint density at radius 2 is 1.46 bits per heavy atom. The van der Waals surface area contributed by atoms with Gasteiger partial charge in [-0.3, -0.25) is 0 Å². The fourth-order valence-electron chi connectivity index (χ4n) is 5.46. The van der Waals surface area contributed by atoms with Crippen molar-refractivity contribution in [2.45, 2.75) is 26.3 Å². The molecule has 2 aliphatic rings. The lowest BCUT2D eigenvalue weighted by atomic mass is 9.92. The van der Waals surface area contributed by atoms with Gasteiger partial charge in [-0.2, -0.15) is 5.10 Å². The third-order valence-corrected chi connectivity index (χ3v) is 7.38. The lowest BCUT2D eigenvalue weighted by molar-refractivity contribution is 0.814. The van der Waals surface area contributed by atoms with Crippen molar-refractivity contribution in [2.24, 2.45) is 9.98 Å². The number of aliphatic imine (C=N–C) groups is 2. The molecule has 6 heteroatoms. The van der Waals surface area contributed by atoms with E-state index < -0.39 is 0 Å². The third kappa shape index (κ3) is 3.92. The summed E-state index contributed by atoms with van der Waals surface area (Å²) in [6, 6.07) is 37.4. The SMILES string of the molecule is CCc1ccc([C@H]2c3c(C)nn(-c4ccccc4)c3N=C3C(Nc4ccccc4)=Nc4ccccc4N32)cc1. The molecule has 0 aliphatic carbocycles. The van der Waals surface area contributed by atoms with E-state index in [1.807, 2.05) is 59.3 Å². The van der Waals surface area contributed by atoms with Gasteiger partial charge in [-0.15, -0.1) is 0 Å². The molecule has 5 aromatic rings. The van der Waals surface area contributed by atoms with Crippen LogP contribution in [-0.2, 0) is 6.42 Å². The van der Waals surface area contributed by atoms with E-state index in [9.17, 15) is 0 Å². The summed E-state index contributed by atoms with van der Waals surface area (Å²) in [4.78, 5) is 12.7. The monoisotopic (exact) mass is 508 g/mol. The van der Waals surface area contributed by atoms with Gasteiger partial charge in [-0.05, 0) is 60.9 Å². The molecule has 0 fully saturated rings. The molecular formula is C33H28N6. The first-order chi connectivity index (χ1) is 19.2. The Hall–Kier alpha value is -4.97. The number of fused-ring (bicyclic) bond motifs is 4. The predicted molar refractivity (Wildman–Crippen MR) is 159 cm³/mol. The Balaban J connectivity index is 1.49. The summed E-state index contributed by atoms with van der Waals surface area (Å²) < 4.78 is 1.96. The van der Waals surface area contributed by atoms with Gasteiger partial charge in [0.15, 0.2) is 17.5 Å². The van der Waals surface area contributed by atoms with E-state index in [0.717, 1.165) is 52.1 Å². The lowest BCUT2D eigenvalue weighted by Crippen LogP contribution is -2.46. The maximum atomic E-state index is 5.30. The highest BCUT2D eigenvalue weighted by Crippen LogP contribution is 2.48. The molecule has 0 saturated heterocycles. The summed E-state index contributed by atoms with van der Waals surface area (Å²) in [6.07, 6.45) is 0.998. The van der Waals surface area contributed by atoms with E-state index in [4.69, 9.17) is 15.1 Å². The minimum atomic E-state index is -0.125. The van der Waals surface area contributed by atoms with Gasteiger partial charge in [-0.25, -0.2) is 14.7 Å². The third-order valence-electron chi connectivity index (χ3n) is 7.38. The van der Waals surface area contributed by atoms with Gasteiger partial charge in [0.25, 0.3) is 0 Å². The van der Waals surface area contributed by atoms with E-state index in [-0.39, 0.29) is 6.04 Å². The lowest BCUT2D eigenvalue weighted by Gasteiger charge is -2.40. The second kappa shape index (κ2) is 9.40. The molecule has 0 bridgehead atoms. The molecule has 190 valence electrons. The minimum absolute atomic E-state index is 0.125. The van der Waals surface area contributed by atoms with Gasteiger partial charge < -0.3 is 10.2 Å². The molecule has 0 radical (unpaired) electrons. The van der Waals surface area contributed by atoms with Crippen molar-refractivity contribution in [3.05, 3.63) is 132 Å². The van der Waals surface area contributed by atoms with Crippen LogP contribution in [0.15, 0.2) is 119 Å². The van der Waals surface area contributed by atoms with Crippen LogP contribution in [0.2, 0.25) is 0 Å². The molecular weight excluding hydrogens is 480 g/mol. The number of nitrogens with zero attached hydrogens (tertiary/aromatic N) is 5. The summed E-state index contributed by atoms with van der Waals surface area (Å²) in [5.74, 6) is 2.31. The second-order valence-corrected chi connectivity index (χ2v) is 9.81. The van der Waals surface area contributed by atoms with E-state index in [1.165, 1.54) is 11.1 Å². The van der Waals surface area contributed by atoms with Gasteiger partial charge in [0.2, 0.25) is 0 Å². The second-order valence-electron chi connectivity index (χ2n) is 9.81. The van der Waals surface area contributed by atoms with Gasteiger partial charge in [0, 0.05) is 11.3 Å². The average molecular weight is 509 g/mol. The molecule has 39 heavy (non-hydrogen) atoms. The van der Waals surface area contributed by atoms with E-state index in [0.29, 0.717) is 5.84 Å². The van der Waals surface area contributed by atoms with E-state index in [1.54, 1.807) is 0 Å². The number of hydrogen-bond donors (Lipinski definition) is 1. The van der Waals surface area contributed by atoms with Gasteiger partial charge >= 0.3 is 0 Å². The molecule has 0 unspecified atom stereocenters. The zero-order chi connectivity index (χ0) is 26.3. The van der Waals surface area contributed by atoms with Crippen LogP contribution in [0.5, 0.6) is 0 Å². The molecule has 0 spiro atoms. The molecule has 7 rings (SSSR count). The number of aromatic nitrogens is 2. The number of aryl methyl sites for hydroxylation is 2. The number of amidine groups is 2. The molecule has 6 nitrogen and oxygen atoms in total. The fraction of sp³-hybridized carbons (Fsp3) is 0.121. The highest BCUT2D eigenvalue weighted by atomic mass is 15.4. The van der Waals surface area contributed by atoms with E-state index in [2.05, 4.69) is 78.7 Å². The largest absolute Gasteiger partial charge is 0.337 e. The Morgan fingerprint density at radius 3 is 2.21 bits per heavy atom. The Kier molecular flexibility index (Phi) is 5.59. The Labute approximate surface area is 228 Å². The van der Waals surface area contributed by atoms with Crippen LogP contribution in [0.1, 0.15) is 35.3 Å². The van der Waals surface area contributed by atoms with Gasteiger partial charge in [0.1, 0.15) is 0 Å². The van der Waals surface area contributed by atoms with Crippen molar-refractivity contribution < 1.29 is 0 Å². The molecule has 2 aliphatic heterocycles. The topological polar surface area (TPSA) is 57.8 Å². The van der Waals surface area contributed by atoms with Crippen LogP contribution in [0, 0.1) is 6.92 Å². The highest BCUT2D eigenvalue weighted by molar-refractivity contribution is 6.51. The van der Waals surface area contributed by atoms with Crippen molar-refractivity contribution in [3.8, 4) is 5.69 Å². The van der Waals surface area contributed by atoms with Crippen molar-refractivity contribution in [1.29, 1.82) is 0 Å². The van der Waals surface area contributed by atoms with Crippen molar-refractivity contribution >= 4 is 34.6 Å². The zero-order valence-electron chi connectivity index (χ0n) is 21.9. The number of benzene rings is 4. The first-order valence-electron chi connectivity index (χ1n) is 13.3. The van der Waals surface area contributed by atoms with Crippen LogP contribution < -0.4 is 10.2 Å². The van der Waals surface area contributed by atoms with Crippen LogP contribution in [0.4, 0.5) is 22.9 Å². The molecule has 3 heterocycles. The summed E-state index contributed by atoms with van der Waals surface area (Å²) in [7, 11) is 0. The molecule has 1 N–H and O–H groups in total. The van der Waals surface area contributed by atoms with Gasteiger partial charge in [-0.1, -0.05) is 79.7 Å². The Bertz CT molecular complexity index is 1720. The van der Waals surface area contributed by atoms with Crippen LogP contribution in [0.3, 0.4) is 0 Å². The first-order valence-corrected chi connectivity index (χ1v) is 13.3. The number of hydrogen-bond acceptors (Lipinski definition) is 5. The quantitative estimate of drug-likeness (QED) is 0.273. The summed E-state index contributed by atoms with van der Waals surface area (Å²) in [6.45, 7) is 4.27. The van der Waals surface area contributed by atoms with Crippen molar-refractivity contribution in [1.82, 2.24) is 9.78 Å². The number of nitrogens with one attached hydrogen (secondary N) is 1. The summed E-state index contributed by atoms with van der Waals surface area (Å²) in [5, 5.41) is 8.57. The molecule has 1 aromatic heterocycles. The first kappa shape index (κ1) is 23.2. The number of rotatable bonds is 4. The van der Waals surface area contributed by atoms with Gasteiger partial charge in [0.05, 0.1) is 28.8 Å². The zero-order valence-corrected chi connectivity index (χ0v) is 21.9. The molecule has 0 saturated carbocycles. The molecule has 4 aromatic carbocycles. The highest BCUT2D eigenvalue weighted by Gasteiger charge is 2.41. The standard InChI is InChI=1S/C33H28N6/c1-3-23-18-20-24(21-19-23)30-29-22(2)37-39(26-14-8-5-9-15-26)32(29)36-33-31(34-25-12-6-4-7-13-25)35-27-16-10-11-17-28(27)38(30)33/h4-21,30H,3H2,1-2H3,(H,34,35)/t30-/m0/s1. The number of anilines is 2. The number of para-hydroxylation sites is 4. The smallest absolute Gasteiger partial charge is 0.179 e. The predicted octanol–water partition coefficient (Wildman–Crippen LogP) is 7.54. The fourth-order valence-corrected chi connectivity index (χ4v) is 5.46. The van der Waals surface area contributed by atoms with Crippen LogP contribution in [-0.4, -0.2) is 21.5 Å². The van der Waals surface area contributed by atoms with Crippen LogP contribution >= 0.6 is 0 Å². The molecule has 1 atom stereocenters. The normalized spacial score (nSPS) is 15.5. The Morgan fingerprint density at radius 1 is 0.769 bits per heavy atom. The maximum Gasteiger partial charge on any atom is 0.179 e. The van der Waals surface area contributed by atoms with Crippen LogP contribution in [0.25, 0.3) is 5.69 Å². The van der Waals surface area contributed by atoms with Crippen molar-refractivity contribution in [2.75, 3.05) is 10.2 Å².